The van der Waals surface area contributed by atoms with Crippen molar-refractivity contribution in [3.8, 4) is 5.75 Å². The van der Waals surface area contributed by atoms with Gasteiger partial charge in [-0.25, -0.2) is 4.39 Å². The highest BCUT2D eigenvalue weighted by molar-refractivity contribution is 5.37. The Morgan fingerprint density at radius 2 is 2.10 bits per heavy atom. The number of ether oxygens (including phenoxy) is 1. The number of nitrogens with one attached hydrogen (secondary N) is 1. The highest BCUT2D eigenvalue weighted by Gasteiger charge is 2.25. The Hall–Kier alpha value is -1.13. The number of aliphatic hydroxyl groups excluding tert-OH is 1. The van der Waals surface area contributed by atoms with Gasteiger partial charge in [0.2, 0.25) is 0 Å². The van der Waals surface area contributed by atoms with Crippen molar-refractivity contribution in [3.05, 3.63) is 29.6 Å². The molecular weight excluding hydrogens is 257 g/mol. The van der Waals surface area contributed by atoms with Gasteiger partial charge in [-0.15, -0.1) is 0 Å². The molecule has 20 heavy (non-hydrogen) atoms. The molecule has 0 aromatic heterocycles. The average molecular weight is 279 g/mol. The molecule has 0 saturated heterocycles. The molecule has 3 nitrogen and oxygen atoms in total. The third-order valence-electron chi connectivity index (χ3n) is 4.41. The van der Waals surface area contributed by atoms with Gasteiger partial charge in [0.15, 0.2) is 0 Å². The fourth-order valence-corrected chi connectivity index (χ4v) is 3.26. The second-order valence-electron chi connectivity index (χ2n) is 5.97. The normalized spacial score (nSPS) is 29.0. The summed E-state index contributed by atoms with van der Waals surface area (Å²) in [5, 5.41) is 13.3. The van der Waals surface area contributed by atoms with Crippen molar-refractivity contribution in [2.45, 2.75) is 44.3 Å². The van der Waals surface area contributed by atoms with E-state index in [1.807, 2.05) is 0 Å². The number of hydrogen-bond donors (Lipinski definition) is 2. The van der Waals surface area contributed by atoms with Gasteiger partial charge in [-0.1, -0.05) is 12.8 Å². The van der Waals surface area contributed by atoms with E-state index in [0.29, 0.717) is 5.92 Å². The lowest BCUT2D eigenvalue weighted by atomic mass is 9.86. The zero-order valence-electron chi connectivity index (χ0n) is 11.6. The summed E-state index contributed by atoms with van der Waals surface area (Å²) in [6.45, 7) is 1.59. The highest BCUT2D eigenvalue weighted by Crippen LogP contribution is 2.29. The number of rotatable bonds is 4. The average Bonchev–Trinajstić information content (AvgIpc) is 2.83. The van der Waals surface area contributed by atoms with Crippen LogP contribution in [0.15, 0.2) is 18.2 Å². The Morgan fingerprint density at radius 3 is 2.95 bits per heavy atom. The molecule has 1 saturated carbocycles. The van der Waals surface area contributed by atoms with Crippen LogP contribution >= 0.6 is 0 Å². The van der Waals surface area contributed by atoms with Crippen LogP contribution in [0.5, 0.6) is 5.75 Å². The topological polar surface area (TPSA) is 41.5 Å². The summed E-state index contributed by atoms with van der Waals surface area (Å²) < 4.78 is 18.9. The van der Waals surface area contributed by atoms with Gasteiger partial charge >= 0.3 is 0 Å². The third kappa shape index (κ3) is 3.13. The van der Waals surface area contributed by atoms with Gasteiger partial charge in [-0.3, -0.25) is 0 Å². The molecule has 2 aliphatic rings. The lowest BCUT2D eigenvalue weighted by Gasteiger charge is -2.28. The highest BCUT2D eigenvalue weighted by atomic mass is 19.1. The molecule has 2 N–H and O–H groups in total. The summed E-state index contributed by atoms with van der Waals surface area (Å²) in [4.78, 5) is 0. The van der Waals surface area contributed by atoms with Crippen molar-refractivity contribution >= 4 is 0 Å². The number of halogens is 1. The van der Waals surface area contributed by atoms with E-state index in [4.69, 9.17) is 4.74 Å². The van der Waals surface area contributed by atoms with Crippen molar-refractivity contribution in [1.82, 2.24) is 5.32 Å². The Morgan fingerprint density at radius 1 is 1.25 bits per heavy atom. The molecule has 1 heterocycles. The second-order valence-corrected chi connectivity index (χ2v) is 5.97. The maximum Gasteiger partial charge on any atom is 0.123 e. The molecule has 0 amide bonds. The van der Waals surface area contributed by atoms with Crippen LogP contribution in [0.1, 0.15) is 31.2 Å². The van der Waals surface area contributed by atoms with Crippen molar-refractivity contribution in [2.24, 2.45) is 5.92 Å². The molecule has 0 radical (unpaired) electrons. The standard InChI is InChI=1S/C16H22FNO2/c17-13-5-6-16-12(7-13)8-14(20-16)10-18-9-11-3-1-2-4-15(11)19/h5-7,11,14-15,18-19H,1-4,8-10H2. The molecule has 0 bridgehead atoms. The summed E-state index contributed by atoms with van der Waals surface area (Å²) in [5.74, 6) is 0.965. The van der Waals surface area contributed by atoms with Crippen LogP contribution < -0.4 is 10.1 Å². The Labute approximate surface area is 119 Å². The van der Waals surface area contributed by atoms with Crippen molar-refractivity contribution < 1.29 is 14.2 Å². The number of benzene rings is 1. The minimum Gasteiger partial charge on any atom is -0.488 e. The third-order valence-corrected chi connectivity index (χ3v) is 4.41. The van der Waals surface area contributed by atoms with Crippen LogP contribution in [-0.2, 0) is 6.42 Å². The van der Waals surface area contributed by atoms with E-state index in [1.165, 1.54) is 12.5 Å². The Kier molecular flexibility index (Phi) is 4.22. The molecule has 1 aromatic carbocycles. The molecule has 1 aliphatic carbocycles. The van der Waals surface area contributed by atoms with E-state index in [9.17, 15) is 9.50 Å². The molecular formula is C16H22FNO2. The molecule has 0 spiro atoms. The van der Waals surface area contributed by atoms with Gasteiger partial charge in [-0.05, 0) is 37.0 Å². The maximum absolute atomic E-state index is 13.1. The van der Waals surface area contributed by atoms with Gasteiger partial charge in [0.25, 0.3) is 0 Å². The lowest BCUT2D eigenvalue weighted by Crippen LogP contribution is -2.38. The fraction of sp³-hybridized carbons (Fsp3) is 0.625. The minimum atomic E-state index is -0.203. The Balaban J connectivity index is 1.44. The number of aliphatic hydroxyl groups is 1. The molecule has 1 aromatic rings. The molecule has 4 heteroatoms. The summed E-state index contributed by atoms with van der Waals surface area (Å²) in [6, 6.07) is 4.70. The largest absolute Gasteiger partial charge is 0.488 e. The first-order chi connectivity index (χ1) is 9.72. The predicted octanol–water partition coefficient (Wildman–Crippen LogP) is 2.27. The van der Waals surface area contributed by atoms with E-state index in [2.05, 4.69) is 5.32 Å². The van der Waals surface area contributed by atoms with Gasteiger partial charge in [0, 0.05) is 25.1 Å². The zero-order valence-corrected chi connectivity index (χ0v) is 11.6. The first kappa shape index (κ1) is 13.8. The molecule has 1 aliphatic heterocycles. The van der Waals surface area contributed by atoms with Crippen molar-refractivity contribution in [2.75, 3.05) is 13.1 Å². The fourth-order valence-electron chi connectivity index (χ4n) is 3.26. The van der Waals surface area contributed by atoms with Crippen LogP contribution in [0.25, 0.3) is 0 Å². The monoisotopic (exact) mass is 279 g/mol. The van der Waals surface area contributed by atoms with Gasteiger partial charge < -0.3 is 15.2 Å². The van der Waals surface area contributed by atoms with Crippen LogP contribution in [0, 0.1) is 11.7 Å². The van der Waals surface area contributed by atoms with Gasteiger partial charge in [0.05, 0.1) is 6.10 Å². The van der Waals surface area contributed by atoms with Crippen LogP contribution in [-0.4, -0.2) is 30.4 Å². The zero-order chi connectivity index (χ0) is 13.9. The Bertz CT molecular complexity index is 466. The predicted molar refractivity (Wildman–Crippen MR) is 75.4 cm³/mol. The smallest absolute Gasteiger partial charge is 0.123 e. The van der Waals surface area contributed by atoms with E-state index in [0.717, 1.165) is 50.1 Å². The van der Waals surface area contributed by atoms with E-state index in [-0.39, 0.29) is 18.0 Å². The molecule has 110 valence electrons. The first-order valence-electron chi connectivity index (χ1n) is 7.56. The lowest BCUT2D eigenvalue weighted by molar-refractivity contribution is 0.0681. The van der Waals surface area contributed by atoms with Crippen molar-refractivity contribution in [3.63, 3.8) is 0 Å². The first-order valence-corrected chi connectivity index (χ1v) is 7.56. The summed E-state index contributed by atoms with van der Waals surface area (Å²) in [7, 11) is 0. The van der Waals surface area contributed by atoms with Crippen LogP contribution in [0.4, 0.5) is 4.39 Å². The molecule has 3 rings (SSSR count). The molecule has 3 unspecified atom stereocenters. The molecule has 3 atom stereocenters. The summed E-state index contributed by atoms with van der Waals surface area (Å²) in [6.07, 6.45) is 5.06. The van der Waals surface area contributed by atoms with Crippen LogP contribution in [0.2, 0.25) is 0 Å². The van der Waals surface area contributed by atoms with E-state index < -0.39 is 0 Å². The molecule has 1 fully saturated rings. The summed E-state index contributed by atoms with van der Waals surface area (Å²) in [5.41, 5.74) is 0.953. The van der Waals surface area contributed by atoms with Crippen molar-refractivity contribution in [1.29, 1.82) is 0 Å². The number of fused-ring (bicyclic) bond motifs is 1. The van der Waals surface area contributed by atoms with Crippen LogP contribution in [0.3, 0.4) is 0 Å². The summed E-state index contributed by atoms with van der Waals surface area (Å²) >= 11 is 0. The van der Waals surface area contributed by atoms with Gasteiger partial charge in [-0.2, -0.15) is 0 Å². The minimum absolute atomic E-state index is 0.0764. The van der Waals surface area contributed by atoms with Gasteiger partial charge in [0.1, 0.15) is 17.7 Å². The number of hydrogen-bond acceptors (Lipinski definition) is 3. The maximum atomic E-state index is 13.1. The van der Waals surface area contributed by atoms with E-state index in [1.54, 1.807) is 12.1 Å². The second kappa shape index (κ2) is 6.10. The quantitative estimate of drug-likeness (QED) is 0.888. The SMILES string of the molecule is OC1CCCCC1CNCC1Cc2cc(F)ccc2O1. The van der Waals surface area contributed by atoms with E-state index >= 15 is 0 Å².